The number of phenols is 3. The highest BCUT2D eigenvalue weighted by Crippen LogP contribution is 2.51. The molecule has 2 aromatic carbocycles. The van der Waals surface area contributed by atoms with Crippen LogP contribution < -0.4 is 0 Å². The predicted octanol–water partition coefficient (Wildman–Crippen LogP) is 1.70. The van der Waals surface area contributed by atoms with Gasteiger partial charge in [-0.25, -0.2) is 0 Å². The highest BCUT2D eigenvalue weighted by molar-refractivity contribution is 6.31. The SMILES string of the molecule is CC[C@@]1(O)CCc2c(O)c3c(c(O)c2[C@H]1O)C(=O)c1c(O)cccc1C3=O. The number of hydrogen-bond acceptors (Lipinski definition) is 7. The average molecular weight is 370 g/mol. The number of ketones is 2. The molecule has 4 rings (SSSR count). The van der Waals surface area contributed by atoms with Gasteiger partial charge in [-0.15, -0.1) is 0 Å². The van der Waals surface area contributed by atoms with Crippen molar-refractivity contribution in [3.05, 3.63) is 51.6 Å². The summed E-state index contributed by atoms with van der Waals surface area (Å²) < 4.78 is 0. The average Bonchev–Trinajstić information content (AvgIpc) is 2.64. The fraction of sp³-hybridized carbons (Fsp3) is 0.300. The van der Waals surface area contributed by atoms with E-state index in [0.29, 0.717) is 0 Å². The van der Waals surface area contributed by atoms with Gasteiger partial charge in [-0.1, -0.05) is 19.1 Å². The Labute approximate surface area is 154 Å². The summed E-state index contributed by atoms with van der Waals surface area (Å²) in [6.45, 7) is 1.67. The van der Waals surface area contributed by atoms with Gasteiger partial charge in [-0.05, 0) is 25.3 Å². The van der Waals surface area contributed by atoms with Crippen LogP contribution >= 0.6 is 0 Å². The maximum atomic E-state index is 12.9. The molecular weight excluding hydrogens is 352 g/mol. The Morgan fingerprint density at radius 2 is 1.70 bits per heavy atom. The minimum Gasteiger partial charge on any atom is -0.507 e. The van der Waals surface area contributed by atoms with Crippen molar-refractivity contribution in [2.75, 3.05) is 0 Å². The van der Waals surface area contributed by atoms with Crippen LogP contribution in [-0.2, 0) is 6.42 Å². The maximum absolute atomic E-state index is 12.9. The Bertz CT molecular complexity index is 1020. The highest BCUT2D eigenvalue weighted by atomic mass is 16.3. The number of carbonyl (C=O) groups excluding carboxylic acids is 2. The third-order valence-electron chi connectivity index (χ3n) is 5.76. The molecule has 0 saturated carbocycles. The van der Waals surface area contributed by atoms with Gasteiger partial charge in [0.05, 0.1) is 22.3 Å². The normalized spacial score (nSPS) is 23.6. The topological polar surface area (TPSA) is 135 Å². The summed E-state index contributed by atoms with van der Waals surface area (Å²) in [6.07, 6.45) is -1.08. The Balaban J connectivity index is 2.06. The molecule has 140 valence electrons. The Kier molecular flexibility index (Phi) is 3.60. The van der Waals surface area contributed by atoms with Crippen LogP contribution in [0.5, 0.6) is 17.2 Å². The van der Waals surface area contributed by atoms with Crippen molar-refractivity contribution in [2.45, 2.75) is 37.9 Å². The van der Waals surface area contributed by atoms with E-state index in [1.54, 1.807) is 6.92 Å². The van der Waals surface area contributed by atoms with Gasteiger partial charge in [0.25, 0.3) is 0 Å². The van der Waals surface area contributed by atoms with Crippen molar-refractivity contribution < 1.29 is 35.1 Å². The number of phenolic OH excluding ortho intramolecular Hbond substituents is 3. The standard InChI is InChI=1S/C20H18O7/c1-2-20(27)7-6-9-12(19(20)26)18(25)14-13(16(9)23)15(22)8-4-3-5-10(21)11(8)17(14)24/h3-5,19,21,23,25-27H,2,6-7H2,1H3/t19-,20-/m1/s1. The van der Waals surface area contributed by atoms with Gasteiger partial charge in [0, 0.05) is 16.7 Å². The van der Waals surface area contributed by atoms with E-state index in [4.69, 9.17) is 0 Å². The zero-order valence-corrected chi connectivity index (χ0v) is 14.5. The van der Waals surface area contributed by atoms with Gasteiger partial charge >= 0.3 is 0 Å². The molecule has 0 unspecified atom stereocenters. The van der Waals surface area contributed by atoms with Gasteiger partial charge in [0.1, 0.15) is 23.4 Å². The number of aliphatic hydroxyl groups is 2. The first-order chi connectivity index (χ1) is 12.7. The van der Waals surface area contributed by atoms with Gasteiger partial charge in [-0.3, -0.25) is 9.59 Å². The Hall–Kier alpha value is -2.90. The summed E-state index contributed by atoms with van der Waals surface area (Å²) >= 11 is 0. The summed E-state index contributed by atoms with van der Waals surface area (Å²) in [6, 6.07) is 4.01. The van der Waals surface area contributed by atoms with Crippen molar-refractivity contribution >= 4 is 11.6 Å². The van der Waals surface area contributed by atoms with Crippen molar-refractivity contribution in [3.63, 3.8) is 0 Å². The molecule has 7 heteroatoms. The first-order valence-electron chi connectivity index (χ1n) is 8.65. The van der Waals surface area contributed by atoms with Crippen molar-refractivity contribution in [3.8, 4) is 17.2 Å². The van der Waals surface area contributed by atoms with E-state index >= 15 is 0 Å². The summed E-state index contributed by atoms with van der Waals surface area (Å²) in [4.78, 5) is 25.8. The van der Waals surface area contributed by atoms with Crippen molar-refractivity contribution in [2.24, 2.45) is 0 Å². The van der Waals surface area contributed by atoms with E-state index in [0.717, 1.165) is 0 Å². The number of carbonyl (C=O) groups is 2. The van der Waals surface area contributed by atoms with Gasteiger partial charge in [0.15, 0.2) is 5.78 Å². The van der Waals surface area contributed by atoms with Crippen LogP contribution in [0.25, 0.3) is 0 Å². The second-order valence-electron chi connectivity index (χ2n) is 7.06. The lowest BCUT2D eigenvalue weighted by Gasteiger charge is -2.39. The molecule has 5 N–H and O–H groups in total. The lowest BCUT2D eigenvalue weighted by atomic mass is 9.72. The second-order valence-corrected chi connectivity index (χ2v) is 7.06. The molecule has 0 saturated heterocycles. The largest absolute Gasteiger partial charge is 0.507 e. The minimum atomic E-state index is -1.53. The molecule has 0 aliphatic heterocycles. The summed E-state index contributed by atoms with van der Waals surface area (Å²) in [5.74, 6) is -3.08. The van der Waals surface area contributed by atoms with Crippen LogP contribution in [0, 0.1) is 0 Å². The molecule has 0 radical (unpaired) electrons. The molecular formula is C20H18O7. The fourth-order valence-corrected chi connectivity index (χ4v) is 4.13. The molecule has 0 aromatic heterocycles. The first-order valence-corrected chi connectivity index (χ1v) is 8.65. The van der Waals surface area contributed by atoms with Crippen molar-refractivity contribution in [1.29, 1.82) is 0 Å². The molecule has 2 aliphatic carbocycles. The van der Waals surface area contributed by atoms with Crippen molar-refractivity contribution in [1.82, 2.24) is 0 Å². The van der Waals surface area contributed by atoms with Crippen LogP contribution in [-0.4, -0.2) is 42.7 Å². The van der Waals surface area contributed by atoms with E-state index < -0.39 is 46.1 Å². The molecule has 2 aromatic rings. The van der Waals surface area contributed by atoms with E-state index in [9.17, 15) is 35.1 Å². The summed E-state index contributed by atoms with van der Waals surface area (Å²) in [7, 11) is 0. The Morgan fingerprint density at radius 3 is 2.37 bits per heavy atom. The third-order valence-corrected chi connectivity index (χ3v) is 5.76. The van der Waals surface area contributed by atoms with Crippen LogP contribution in [0.1, 0.15) is 68.8 Å². The quantitative estimate of drug-likeness (QED) is 0.411. The summed E-state index contributed by atoms with van der Waals surface area (Å²) in [5, 5.41) is 52.7. The molecule has 0 spiro atoms. The second kappa shape index (κ2) is 5.55. The lowest BCUT2D eigenvalue weighted by Crippen LogP contribution is -2.40. The van der Waals surface area contributed by atoms with E-state index in [1.165, 1.54) is 18.2 Å². The van der Waals surface area contributed by atoms with Crippen LogP contribution in [0.2, 0.25) is 0 Å². The third kappa shape index (κ3) is 2.09. The molecule has 0 heterocycles. The minimum absolute atomic E-state index is 0.0661. The molecule has 2 aliphatic rings. The molecule has 0 amide bonds. The first kappa shape index (κ1) is 17.5. The molecule has 0 bridgehead atoms. The molecule has 2 atom stereocenters. The monoisotopic (exact) mass is 370 g/mol. The van der Waals surface area contributed by atoms with Crippen LogP contribution in [0.3, 0.4) is 0 Å². The highest BCUT2D eigenvalue weighted by Gasteiger charge is 2.46. The van der Waals surface area contributed by atoms with Crippen LogP contribution in [0.15, 0.2) is 18.2 Å². The zero-order chi connectivity index (χ0) is 19.7. The van der Waals surface area contributed by atoms with Crippen LogP contribution in [0.4, 0.5) is 0 Å². The number of fused-ring (bicyclic) bond motifs is 3. The number of rotatable bonds is 1. The number of benzene rings is 2. The summed E-state index contributed by atoms with van der Waals surface area (Å²) in [5.41, 5.74) is -2.67. The van der Waals surface area contributed by atoms with Gasteiger partial charge in [-0.2, -0.15) is 0 Å². The maximum Gasteiger partial charge on any atom is 0.202 e. The molecule has 7 nitrogen and oxygen atoms in total. The number of aromatic hydroxyl groups is 3. The van der Waals surface area contributed by atoms with E-state index in [1.807, 2.05) is 0 Å². The van der Waals surface area contributed by atoms with Gasteiger partial charge < -0.3 is 25.5 Å². The lowest BCUT2D eigenvalue weighted by molar-refractivity contribution is -0.0921. The van der Waals surface area contributed by atoms with Gasteiger partial charge in [0.2, 0.25) is 5.78 Å². The Morgan fingerprint density at radius 1 is 1.04 bits per heavy atom. The molecule has 0 fully saturated rings. The number of aliphatic hydroxyl groups excluding tert-OH is 1. The predicted molar refractivity (Wildman–Crippen MR) is 93.3 cm³/mol. The zero-order valence-electron chi connectivity index (χ0n) is 14.5. The fourth-order valence-electron chi connectivity index (χ4n) is 4.13. The number of hydrogen-bond donors (Lipinski definition) is 5. The molecule has 27 heavy (non-hydrogen) atoms. The van der Waals surface area contributed by atoms with E-state index in [2.05, 4.69) is 0 Å². The van der Waals surface area contributed by atoms with E-state index in [-0.39, 0.29) is 47.1 Å². The smallest absolute Gasteiger partial charge is 0.202 e.